The normalized spacial score (nSPS) is 10.3. The summed E-state index contributed by atoms with van der Waals surface area (Å²) in [4.78, 5) is 12.8. The molecule has 0 radical (unpaired) electrons. The standard InChI is InChI=1S/C11H12BrClOS/c1-15-11-3-2-8(7-13)6-9(11)10(14)4-5-12/h2-3,6H,4-5,7H2,1H3. The van der Waals surface area contributed by atoms with E-state index in [1.54, 1.807) is 11.8 Å². The fourth-order valence-corrected chi connectivity index (χ4v) is 2.40. The lowest BCUT2D eigenvalue weighted by Crippen LogP contribution is -2.02. The summed E-state index contributed by atoms with van der Waals surface area (Å²) in [5.74, 6) is 0.617. The van der Waals surface area contributed by atoms with Crippen molar-refractivity contribution in [3.63, 3.8) is 0 Å². The number of ketones is 1. The van der Waals surface area contributed by atoms with E-state index in [2.05, 4.69) is 15.9 Å². The minimum absolute atomic E-state index is 0.170. The summed E-state index contributed by atoms with van der Waals surface area (Å²) < 4.78 is 0. The molecule has 1 nitrogen and oxygen atoms in total. The van der Waals surface area contributed by atoms with Crippen LogP contribution in [0.15, 0.2) is 23.1 Å². The van der Waals surface area contributed by atoms with E-state index in [1.807, 2.05) is 24.5 Å². The molecule has 0 aliphatic heterocycles. The Labute approximate surface area is 108 Å². The van der Waals surface area contributed by atoms with E-state index in [1.165, 1.54) is 0 Å². The molecule has 0 saturated carbocycles. The van der Waals surface area contributed by atoms with Crippen molar-refractivity contribution in [3.05, 3.63) is 29.3 Å². The van der Waals surface area contributed by atoms with Crippen LogP contribution >= 0.6 is 39.3 Å². The Hall–Kier alpha value is 0.01000. The Morgan fingerprint density at radius 3 is 2.80 bits per heavy atom. The van der Waals surface area contributed by atoms with Gasteiger partial charge < -0.3 is 0 Å². The van der Waals surface area contributed by atoms with Gasteiger partial charge >= 0.3 is 0 Å². The second kappa shape index (κ2) is 6.56. The van der Waals surface area contributed by atoms with Crippen LogP contribution in [0.5, 0.6) is 0 Å². The van der Waals surface area contributed by atoms with Gasteiger partial charge in [0.2, 0.25) is 0 Å². The molecular weight excluding hydrogens is 296 g/mol. The average molecular weight is 308 g/mol. The zero-order chi connectivity index (χ0) is 11.3. The van der Waals surface area contributed by atoms with E-state index in [-0.39, 0.29) is 5.78 Å². The average Bonchev–Trinajstić information content (AvgIpc) is 2.28. The number of hydrogen-bond donors (Lipinski definition) is 0. The van der Waals surface area contributed by atoms with Crippen LogP contribution in [0.1, 0.15) is 22.3 Å². The molecule has 1 aromatic rings. The number of carbonyl (C=O) groups is 1. The molecule has 0 aromatic heterocycles. The number of alkyl halides is 2. The summed E-state index contributed by atoms with van der Waals surface area (Å²) in [5, 5.41) is 0.699. The van der Waals surface area contributed by atoms with Crippen LogP contribution in [0.3, 0.4) is 0 Å². The molecule has 0 heterocycles. The van der Waals surface area contributed by atoms with E-state index in [4.69, 9.17) is 11.6 Å². The van der Waals surface area contributed by atoms with Crippen molar-refractivity contribution in [3.8, 4) is 0 Å². The van der Waals surface area contributed by atoms with Gasteiger partial charge in [0.15, 0.2) is 5.78 Å². The molecular formula is C11H12BrClOS. The number of benzene rings is 1. The van der Waals surface area contributed by atoms with Crippen LogP contribution in [0, 0.1) is 0 Å². The van der Waals surface area contributed by atoms with Gasteiger partial charge in [-0.2, -0.15) is 0 Å². The van der Waals surface area contributed by atoms with Gasteiger partial charge in [0, 0.05) is 28.1 Å². The summed E-state index contributed by atoms with van der Waals surface area (Å²) >= 11 is 10.6. The number of rotatable bonds is 5. The third-order valence-corrected chi connectivity index (χ3v) is 3.54. The maximum Gasteiger partial charge on any atom is 0.164 e. The largest absolute Gasteiger partial charge is 0.294 e. The Bertz CT molecular complexity index is 354. The van der Waals surface area contributed by atoms with Gasteiger partial charge in [-0.15, -0.1) is 23.4 Å². The monoisotopic (exact) mass is 306 g/mol. The topological polar surface area (TPSA) is 17.1 Å². The van der Waals surface area contributed by atoms with Crippen LogP contribution in [0.25, 0.3) is 0 Å². The third-order valence-electron chi connectivity index (χ3n) is 2.04. The first-order chi connectivity index (χ1) is 7.22. The molecule has 0 N–H and O–H groups in total. The lowest BCUT2D eigenvalue weighted by atomic mass is 10.1. The second-order valence-electron chi connectivity index (χ2n) is 3.03. The molecule has 0 saturated heterocycles. The first kappa shape index (κ1) is 13.1. The fourth-order valence-electron chi connectivity index (χ4n) is 1.28. The van der Waals surface area contributed by atoms with Crippen molar-refractivity contribution in [2.24, 2.45) is 0 Å². The van der Waals surface area contributed by atoms with Crippen LogP contribution in [-0.2, 0) is 5.88 Å². The quantitative estimate of drug-likeness (QED) is 0.462. The van der Waals surface area contributed by atoms with Crippen molar-refractivity contribution in [1.82, 2.24) is 0 Å². The molecule has 0 aliphatic rings. The third kappa shape index (κ3) is 3.51. The van der Waals surface area contributed by atoms with Crippen molar-refractivity contribution < 1.29 is 4.79 Å². The maximum atomic E-state index is 11.8. The maximum absolute atomic E-state index is 11.8. The van der Waals surface area contributed by atoms with Gasteiger partial charge in [-0.3, -0.25) is 4.79 Å². The van der Waals surface area contributed by atoms with E-state index in [0.717, 1.165) is 16.0 Å². The molecule has 15 heavy (non-hydrogen) atoms. The zero-order valence-corrected chi connectivity index (χ0v) is 11.6. The lowest BCUT2D eigenvalue weighted by molar-refractivity contribution is 0.0987. The van der Waals surface area contributed by atoms with Gasteiger partial charge in [-0.05, 0) is 24.0 Å². The van der Waals surface area contributed by atoms with Crippen molar-refractivity contribution in [2.75, 3.05) is 11.6 Å². The zero-order valence-electron chi connectivity index (χ0n) is 8.43. The summed E-state index contributed by atoms with van der Waals surface area (Å²) in [7, 11) is 0. The molecule has 82 valence electrons. The molecule has 0 fully saturated rings. The molecule has 1 aromatic carbocycles. The van der Waals surface area contributed by atoms with Crippen molar-refractivity contribution in [1.29, 1.82) is 0 Å². The Kier molecular flexibility index (Phi) is 5.72. The number of carbonyl (C=O) groups excluding carboxylic acids is 1. The SMILES string of the molecule is CSc1ccc(CCl)cc1C(=O)CCBr. The van der Waals surface area contributed by atoms with E-state index in [9.17, 15) is 4.79 Å². The summed E-state index contributed by atoms with van der Waals surface area (Å²) in [6.45, 7) is 0. The van der Waals surface area contributed by atoms with Gasteiger partial charge in [0.1, 0.15) is 0 Å². The molecule has 1 rings (SSSR count). The molecule has 0 aliphatic carbocycles. The highest BCUT2D eigenvalue weighted by Gasteiger charge is 2.10. The first-order valence-corrected chi connectivity index (χ1v) is 7.43. The minimum atomic E-state index is 0.170. The van der Waals surface area contributed by atoms with Gasteiger partial charge in [-0.1, -0.05) is 22.0 Å². The fraction of sp³-hybridized carbons (Fsp3) is 0.364. The Morgan fingerprint density at radius 2 is 2.27 bits per heavy atom. The van der Waals surface area contributed by atoms with E-state index >= 15 is 0 Å². The highest BCUT2D eigenvalue weighted by molar-refractivity contribution is 9.09. The van der Waals surface area contributed by atoms with Gasteiger partial charge in [-0.25, -0.2) is 0 Å². The highest BCUT2D eigenvalue weighted by Crippen LogP contribution is 2.23. The Balaban J connectivity index is 3.05. The molecule has 0 spiro atoms. The van der Waals surface area contributed by atoms with Crippen molar-refractivity contribution in [2.45, 2.75) is 17.2 Å². The second-order valence-corrected chi connectivity index (χ2v) is 4.94. The summed E-state index contributed by atoms with van der Waals surface area (Å²) in [5.41, 5.74) is 1.78. The molecule has 4 heteroatoms. The van der Waals surface area contributed by atoms with Crippen LogP contribution in [-0.4, -0.2) is 17.4 Å². The Morgan fingerprint density at radius 1 is 1.53 bits per heavy atom. The van der Waals surface area contributed by atoms with Gasteiger partial charge in [0.05, 0.1) is 0 Å². The summed E-state index contributed by atoms with van der Waals surface area (Å²) in [6, 6.07) is 5.82. The minimum Gasteiger partial charge on any atom is -0.294 e. The first-order valence-electron chi connectivity index (χ1n) is 4.55. The molecule has 0 amide bonds. The lowest BCUT2D eigenvalue weighted by Gasteiger charge is -2.07. The van der Waals surface area contributed by atoms with Gasteiger partial charge in [0.25, 0.3) is 0 Å². The highest BCUT2D eigenvalue weighted by atomic mass is 79.9. The van der Waals surface area contributed by atoms with E-state index in [0.29, 0.717) is 17.6 Å². The number of Topliss-reactive ketones (excluding diaryl/α,β-unsaturated/α-hetero) is 1. The predicted molar refractivity (Wildman–Crippen MR) is 70.5 cm³/mol. The molecule has 0 bridgehead atoms. The van der Waals surface area contributed by atoms with Crippen LogP contribution < -0.4 is 0 Å². The summed E-state index contributed by atoms with van der Waals surface area (Å²) in [6.07, 6.45) is 2.50. The van der Waals surface area contributed by atoms with Crippen LogP contribution in [0.4, 0.5) is 0 Å². The van der Waals surface area contributed by atoms with E-state index < -0.39 is 0 Å². The van der Waals surface area contributed by atoms with Crippen molar-refractivity contribution >= 4 is 45.1 Å². The number of thioether (sulfide) groups is 1. The smallest absolute Gasteiger partial charge is 0.164 e. The molecule has 0 atom stereocenters. The number of halogens is 2. The molecule has 0 unspecified atom stereocenters. The number of hydrogen-bond acceptors (Lipinski definition) is 2. The van der Waals surface area contributed by atoms with Crippen LogP contribution in [0.2, 0.25) is 0 Å². The predicted octanol–water partition coefficient (Wildman–Crippen LogP) is 4.12.